The molecule has 1 atom stereocenters. The normalized spacial score (nSPS) is 22.3. The zero-order valence-corrected chi connectivity index (χ0v) is 22.7. The number of fused-ring (bicyclic) bond motifs is 1. The van der Waals surface area contributed by atoms with E-state index in [2.05, 4.69) is 38.4 Å². The van der Waals surface area contributed by atoms with Crippen LogP contribution < -0.4 is 10.7 Å². The third-order valence-electron chi connectivity index (χ3n) is 8.32. The van der Waals surface area contributed by atoms with Crippen molar-refractivity contribution in [2.45, 2.75) is 77.8 Å². The van der Waals surface area contributed by atoms with Crippen LogP contribution in [-0.4, -0.2) is 42.2 Å². The van der Waals surface area contributed by atoms with Crippen molar-refractivity contribution in [3.8, 4) is 22.8 Å². The van der Waals surface area contributed by atoms with Gasteiger partial charge in [-0.1, -0.05) is 49.4 Å². The standard InChI is InChI=1S/C28H34ClN7O2/c1-17-6-8-19(9-7-17)10-12-36-25-22(32-27(36)35-11-4-3-5-18(35)2)14-23(26-33-28(37)38-34-26)31-24(25)20-13-21(29)16-30-15-20/h13-19H,3-12H2,1-2H3,(H,33,34,37). The fourth-order valence-electron chi connectivity index (χ4n) is 6.10. The number of rotatable bonds is 6. The zero-order valence-electron chi connectivity index (χ0n) is 22.0. The van der Waals surface area contributed by atoms with Gasteiger partial charge < -0.3 is 9.47 Å². The average Bonchev–Trinajstić information content (AvgIpc) is 3.51. The molecule has 5 heterocycles. The van der Waals surface area contributed by atoms with Crippen LogP contribution in [0.2, 0.25) is 5.02 Å². The van der Waals surface area contributed by atoms with E-state index in [0.717, 1.165) is 72.4 Å². The summed E-state index contributed by atoms with van der Waals surface area (Å²) in [5.74, 6) is 2.19. The second-order valence-corrected chi connectivity index (χ2v) is 11.5. The second kappa shape index (κ2) is 10.5. The summed E-state index contributed by atoms with van der Waals surface area (Å²) < 4.78 is 7.15. The van der Waals surface area contributed by atoms with Gasteiger partial charge in [0.05, 0.1) is 21.7 Å². The van der Waals surface area contributed by atoms with Crippen molar-refractivity contribution in [2.24, 2.45) is 11.8 Å². The monoisotopic (exact) mass is 535 g/mol. The molecule has 0 bridgehead atoms. The van der Waals surface area contributed by atoms with Crippen LogP contribution >= 0.6 is 11.6 Å². The molecule has 9 nitrogen and oxygen atoms in total. The van der Waals surface area contributed by atoms with E-state index in [-0.39, 0.29) is 5.82 Å². The SMILES string of the molecule is CC1CCC(CCn2c(N3CCCCC3C)nc3cc(-c4noc(=O)[nH]4)nc(-c4cncc(Cl)c4)c32)CC1. The van der Waals surface area contributed by atoms with Crippen molar-refractivity contribution < 1.29 is 4.52 Å². The van der Waals surface area contributed by atoms with E-state index in [1.165, 1.54) is 32.1 Å². The topological polar surface area (TPSA) is 106 Å². The number of anilines is 1. The third-order valence-corrected chi connectivity index (χ3v) is 8.53. The molecule has 1 aliphatic heterocycles. The molecular weight excluding hydrogens is 502 g/mol. The summed E-state index contributed by atoms with van der Waals surface area (Å²) in [4.78, 5) is 31.3. The molecule has 6 rings (SSSR count). The predicted octanol–water partition coefficient (Wildman–Crippen LogP) is 6.09. The Bertz CT molecular complexity index is 1480. The van der Waals surface area contributed by atoms with Gasteiger partial charge in [0, 0.05) is 37.1 Å². The predicted molar refractivity (Wildman–Crippen MR) is 148 cm³/mol. The molecule has 4 aromatic rings. The summed E-state index contributed by atoms with van der Waals surface area (Å²) in [6.07, 6.45) is 13.2. The van der Waals surface area contributed by atoms with Gasteiger partial charge in [0.15, 0.2) is 0 Å². The van der Waals surface area contributed by atoms with E-state index in [9.17, 15) is 4.79 Å². The van der Waals surface area contributed by atoms with Gasteiger partial charge in [0.25, 0.3) is 0 Å². The molecular formula is C28H34ClN7O2. The summed E-state index contributed by atoms with van der Waals surface area (Å²) >= 11 is 6.37. The van der Waals surface area contributed by atoms with Crippen molar-refractivity contribution in [2.75, 3.05) is 11.4 Å². The number of pyridine rings is 2. The lowest BCUT2D eigenvalue weighted by Crippen LogP contribution is -2.39. The first-order valence-corrected chi connectivity index (χ1v) is 14.2. The highest BCUT2D eigenvalue weighted by Crippen LogP contribution is 2.37. The molecule has 0 radical (unpaired) electrons. The quantitative estimate of drug-likeness (QED) is 0.318. The van der Waals surface area contributed by atoms with Crippen molar-refractivity contribution in [3.63, 3.8) is 0 Å². The first-order chi connectivity index (χ1) is 18.5. The number of aromatic amines is 1. The van der Waals surface area contributed by atoms with E-state index >= 15 is 0 Å². The Labute approximate surface area is 226 Å². The summed E-state index contributed by atoms with van der Waals surface area (Å²) in [5, 5.41) is 4.42. The molecule has 1 unspecified atom stereocenters. The van der Waals surface area contributed by atoms with Crippen molar-refractivity contribution >= 4 is 28.6 Å². The van der Waals surface area contributed by atoms with Crippen LogP contribution in [0.15, 0.2) is 33.8 Å². The maximum atomic E-state index is 11.7. The van der Waals surface area contributed by atoms with Gasteiger partial charge in [0.2, 0.25) is 11.8 Å². The number of aromatic nitrogens is 6. The minimum absolute atomic E-state index is 0.270. The molecule has 4 aromatic heterocycles. The van der Waals surface area contributed by atoms with E-state index < -0.39 is 5.76 Å². The molecule has 1 saturated carbocycles. The molecule has 1 N–H and O–H groups in total. The Hall–Kier alpha value is -3.20. The third kappa shape index (κ3) is 4.96. The van der Waals surface area contributed by atoms with E-state index in [1.54, 1.807) is 12.4 Å². The molecule has 1 aliphatic carbocycles. The number of halogens is 1. The van der Waals surface area contributed by atoms with Gasteiger partial charge in [0.1, 0.15) is 5.69 Å². The smallest absolute Gasteiger partial charge is 0.340 e. The first kappa shape index (κ1) is 25.1. The molecule has 10 heteroatoms. The highest BCUT2D eigenvalue weighted by Gasteiger charge is 2.28. The maximum absolute atomic E-state index is 11.7. The fourth-order valence-corrected chi connectivity index (χ4v) is 6.28. The lowest BCUT2D eigenvalue weighted by atomic mass is 9.81. The van der Waals surface area contributed by atoms with Gasteiger partial charge in [-0.15, -0.1) is 0 Å². The fraction of sp³-hybridized carbons (Fsp3) is 0.536. The second-order valence-electron chi connectivity index (χ2n) is 11.1. The number of aryl methyl sites for hydroxylation is 1. The lowest BCUT2D eigenvalue weighted by molar-refractivity contribution is 0.269. The molecule has 1 saturated heterocycles. The largest absolute Gasteiger partial charge is 0.439 e. The van der Waals surface area contributed by atoms with Crippen LogP contribution in [-0.2, 0) is 6.54 Å². The molecule has 0 aromatic carbocycles. The van der Waals surface area contributed by atoms with Crippen LogP contribution in [0.3, 0.4) is 0 Å². The Balaban J connectivity index is 1.52. The molecule has 38 heavy (non-hydrogen) atoms. The van der Waals surface area contributed by atoms with Gasteiger partial charge >= 0.3 is 5.76 Å². The molecule has 0 spiro atoms. The first-order valence-electron chi connectivity index (χ1n) is 13.8. The number of nitrogens with zero attached hydrogens (tertiary/aromatic N) is 6. The van der Waals surface area contributed by atoms with E-state index in [0.29, 0.717) is 16.8 Å². The Morgan fingerprint density at radius 2 is 1.92 bits per heavy atom. The summed E-state index contributed by atoms with van der Waals surface area (Å²) in [6.45, 7) is 6.51. The molecule has 2 aliphatic rings. The van der Waals surface area contributed by atoms with Crippen LogP contribution in [0.4, 0.5) is 5.95 Å². The Morgan fingerprint density at radius 1 is 1.08 bits per heavy atom. The zero-order chi connectivity index (χ0) is 26.2. The lowest BCUT2D eigenvalue weighted by Gasteiger charge is -2.35. The minimum Gasteiger partial charge on any atom is -0.340 e. The van der Waals surface area contributed by atoms with Gasteiger partial charge in [-0.3, -0.25) is 14.5 Å². The molecule has 0 amide bonds. The Kier molecular flexibility index (Phi) is 6.95. The van der Waals surface area contributed by atoms with Gasteiger partial charge in [-0.2, -0.15) is 0 Å². The summed E-state index contributed by atoms with van der Waals surface area (Å²) in [6, 6.07) is 4.17. The number of hydrogen-bond acceptors (Lipinski definition) is 7. The van der Waals surface area contributed by atoms with Crippen molar-refractivity contribution in [1.82, 2.24) is 29.7 Å². The molecule has 2 fully saturated rings. The number of piperidine rings is 1. The van der Waals surface area contributed by atoms with Crippen LogP contribution in [0.1, 0.15) is 65.2 Å². The Morgan fingerprint density at radius 3 is 2.66 bits per heavy atom. The number of nitrogens with one attached hydrogen (secondary N) is 1. The van der Waals surface area contributed by atoms with E-state index in [4.69, 9.17) is 26.1 Å². The van der Waals surface area contributed by atoms with Gasteiger partial charge in [-0.25, -0.2) is 14.8 Å². The molecule has 200 valence electrons. The van der Waals surface area contributed by atoms with Crippen LogP contribution in [0.5, 0.6) is 0 Å². The van der Waals surface area contributed by atoms with Gasteiger partial charge in [-0.05, 0) is 56.6 Å². The van der Waals surface area contributed by atoms with E-state index in [1.807, 2.05) is 12.1 Å². The van der Waals surface area contributed by atoms with Crippen molar-refractivity contribution in [1.29, 1.82) is 0 Å². The highest BCUT2D eigenvalue weighted by molar-refractivity contribution is 6.30. The van der Waals surface area contributed by atoms with Crippen LogP contribution in [0, 0.1) is 11.8 Å². The van der Waals surface area contributed by atoms with Crippen LogP contribution in [0.25, 0.3) is 33.8 Å². The summed E-state index contributed by atoms with van der Waals surface area (Å²) in [5.41, 5.74) is 3.76. The minimum atomic E-state index is -0.622. The maximum Gasteiger partial charge on any atom is 0.439 e. The average molecular weight is 536 g/mol. The van der Waals surface area contributed by atoms with Crippen molar-refractivity contribution in [3.05, 3.63) is 40.1 Å². The number of H-pyrrole nitrogens is 1. The highest BCUT2D eigenvalue weighted by atomic mass is 35.5. The number of imidazole rings is 1. The number of hydrogen-bond donors (Lipinski definition) is 1. The summed E-state index contributed by atoms with van der Waals surface area (Å²) in [7, 11) is 0.